The maximum Gasteiger partial charge on any atom is 0.241 e. The van der Waals surface area contributed by atoms with Crippen LogP contribution >= 0.6 is 0 Å². The van der Waals surface area contributed by atoms with E-state index >= 15 is 0 Å². The number of amides is 1. The first-order valence-electron chi connectivity index (χ1n) is 7.24. The standard InChI is InChI=1S/C17H18N4O2/c1-3-14(19)17(22)21-13-5-7-16(20-10-13)23-15-6-4-12(9-18)8-11(15)2/h4-8,10,14H,3,19H2,1-2H3,(H,21,22)/t14-/m1/s1. The Kier molecular flexibility index (Phi) is 5.28. The third kappa shape index (κ3) is 4.28. The summed E-state index contributed by atoms with van der Waals surface area (Å²) in [5.41, 5.74) is 7.64. The third-order valence-electron chi connectivity index (χ3n) is 3.30. The second-order valence-electron chi connectivity index (χ2n) is 5.08. The van der Waals surface area contributed by atoms with Crippen molar-refractivity contribution in [2.75, 3.05) is 5.32 Å². The van der Waals surface area contributed by atoms with Crippen molar-refractivity contribution in [1.29, 1.82) is 5.26 Å². The molecule has 6 nitrogen and oxygen atoms in total. The summed E-state index contributed by atoms with van der Waals surface area (Å²) in [7, 11) is 0. The van der Waals surface area contributed by atoms with Crippen molar-refractivity contribution >= 4 is 11.6 Å². The highest BCUT2D eigenvalue weighted by Crippen LogP contribution is 2.25. The van der Waals surface area contributed by atoms with Gasteiger partial charge in [-0.15, -0.1) is 0 Å². The van der Waals surface area contributed by atoms with Gasteiger partial charge in [-0.05, 0) is 43.2 Å². The number of anilines is 1. The van der Waals surface area contributed by atoms with E-state index in [-0.39, 0.29) is 5.91 Å². The molecule has 23 heavy (non-hydrogen) atoms. The van der Waals surface area contributed by atoms with Crippen LogP contribution in [0, 0.1) is 18.3 Å². The predicted octanol–water partition coefficient (Wildman–Crippen LogP) is 2.73. The summed E-state index contributed by atoms with van der Waals surface area (Å²) in [6, 6.07) is 10.1. The molecule has 2 aromatic rings. The summed E-state index contributed by atoms with van der Waals surface area (Å²) in [6.45, 7) is 3.70. The molecule has 1 aromatic heterocycles. The molecule has 1 aromatic carbocycles. The van der Waals surface area contributed by atoms with E-state index in [4.69, 9.17) is 15.7 Å². The second kappa shape index (κ2) is 7.38. The fourth-order valence-corrected chi connectivity index (χ4v) is 1.88. The maximum absolute atomic E-state index is 11.7. The van der Waals surface area contributed by atoms with E-state index in [0.717, 1.165) is 5.56 Å². The highest BCUT2D eigenvalue weighted by Gasteiger charge is 2.11. The van der Waals surface area contributed by atoms with Gasteiger partial charge in [0.05, 0.1) is 29.6 Å². The van der Waals surface area contributed by atoms with E-state index in [1.807, 2.05) is 13.8 Å². The fourth-order valence-electron chi connectivity index (χ4n) is 1.88. The van der Waals surface area contributed by atoms with E-state index in [0.29, 0.717) is 29.3 Å². The maximum atomic E-state index is 11.7. The molecule has 6 heteroatoms. The Morgan fingerprint density at radius 2 is 2.22 bits per heavy atom. The van der Waals surface area contributed by atoms with Gasteiger partial charge in [0.25, 0.3) is 0 Å². The Morgan fingerprint density at radius 1 is 1.43 bits per heavy atom. The van der Waals surface area contributed by atoms with Crippen molar-refractivity contribution in [3.63, 3.8) is 0 Å². The quantitative estimate of drug-likeness (QED) is 0.884. The Labute approximate surface area is 134 Å². The molecule has 3 N–H and O–H groups in total. The topological polar surface area (TPSA) is 101 Å². The van der Waals surface area contributed by atoms with E-state index in [2.05, 4.69) is 16.4 Å². The molecule has 0 fully saturated rings. The number of aromatic nitrogens is 1. The average molecular weight is 310 g/mol. The summed E-state index contributed by atoms with van der Waals surface area (Å²) in [5, 5.41) is 11.5. The Bertz CT molecular complexity index is 735. The number of rotatable bonds is 5. The summed E-state index contributed by atoms with van der Waals surface area (Å²) in [6.07, 6.45) is 2.08. The van der Waals surface area contributed by atoms with Crippen molar-refractivity contribution < 1.29 is 9.53 Å². The molecule has 0 unspecified atom stereocenters. The number of nitriles is 1. The molecule has 2 rings (SSSR count). The average Bonchev–Trinajstić information content (AvgIpc) is 2.57. The van der Waals surface area contributed by atoms with Gasteiger partial charge in [0.1, 0.15) is 5.75 Å². The van der Waals surface area contributed by atoms with Crippen molar-refractivity contribution in [3.05, 3.63) is 47.7 Å². The molecule has 118 valence electrons. The first kappa shape index (κ1) is 16.5. The molecule has 1 atom stereocenters. The van der Waals surface area contributed by atoms with Crippen LogP contribution in [-0.4, -0.2) is 16.9 Å². The molecule has 0 radical (unpaired) electrons. The van der Waals surface area contributed by atoms with Crippen LogP contribution in [0.5, 0.6) is 11.6 Å². The highest BCUT2D eigenvalue weighted by molar-refractivity contribution is 5.94. The van der Waals surface area contributed by atoms with Crippen LogP contribution in [0.3, 0.4) is 0 Å². The number of aryl methyl sites for hydroxylation is 1. The molecule has 0 aliphatic rings. The largest absolute Gasteiger partial charge is 0.439 e. The number of hydrogen-bond donors (Lipinski definition) is 2. The Balaban J connectivity index is 2.06. The van der Waals surface area contributed by atoms with Gasteiger partial charge in [0, 0.05) is 6.07 Å². The monoisotopic (exact) mass is 310 g/mol. The molecule has 0 aliphatic carbocycles. The lowest BCUT2D eigenvalue weighted by Crippen LogP contribution is -2.34. The van der Waals surface area contributed by atoms with Crippen molar-refractivity contribution in [3.8, 4) is 17.7 Å². The van der Waals surface area contributed by atoms with Gasteiger partial charge in [-0.25, -0.2) is 4.98 Å². The summed E-state index contributed by atoms with van der Waals surface area (Å²) in [4.78, 5) is 15.9. The predicted molar refractivity (Wildman–Crippen MR) is 87.1 cm³/mol. The van der Waals surface area contributed by atoms with Crippen molar-refractivity contribution in [2.45, 2.75) is 26.3 Å². The smallest absolute Gasteiger partial charge is 0.241 e. The van der Waals surface area contributed by atoms with E-state index in [1.165, 1.54) is 6.20 Å². The number of benzene rings is 1. The molecule has 0 aliphatic heterocycles. The molecule has 0 saturated heterocycles. The minimum Gasteiger partial charge on any atom is -0.439 e. The van der Waals surface area contributed by atoms with Crippen LogP contribution in [0.25, 0.3) is 0 Å². The van der Waals surface area contributed by atoms with E-state index in [9.17, 15) is 4.79 Å². The molecule has 0 saturated carbocycles. The van der Waals surface area contributed by atoms with Gasteiger partial charge in [-0.2, -0.15) is 5.26 Å². The number of nitrogens with zero attached hydrogens (tertiary/aromatic N) is 2. The number of pyridine rings is 1. The summed E-state index contributed by atoms with van der Waals surface area (Å²) < 4.78 is 5.68. The van der Waals surface area contributed by atoms with Gasteiger partial charge >= 0.3 is 0 Å². The number of nitrogens with one attached hydrogen (secondary N) is 1. The molecule has 0 spiro atoms. The third-order valence-corrected chi connectivity index (χ3v) is 3.30. The SMILES string of the molecule is CC[C@@H](N)C(=O)Nc1ccc(Oc2ccc(C#N)cc2C)nc1. The summed E-state index contributed by atoms with van der Waals surface area (Å²) in [5.74, 6) is 0.780. The zero-order valence-electron chi connectivity index (χ0n) is 13.0. The van der Waals surface area contributed by atoms with Crippen molar-refractivity contribution in [2.24, 2.45) is 5.73 Å². The van der Waals surface area contributed by atoms with Gasteiger partial charge in [-0.1, -0.05) is 6.92 Å². The van der Waals surface area contributed by atoms with Crippen LogP contribution < -0.4 is 15.8 Å². The lowest BCUT2D eigenvalue weighted by Gasteiger charge is -2.11. The first-order chi connectivity index (χ1) is 11.0. The zero-order chi connectivity index (χ0) is 16.8. The van der Waals surface area contributed by atoms with Crippen LogP contribution in [0.1, 0.15) is 24.5 Å². The first-order valence-corrected chi connectivity index (χ1v) is 7.24. The second-order valence-corrected chi connectivity index (χ2v) is 5.08. The molecule has 1 amide bonds. The molecular formula is C17H18N4O2. The normalized spacial score (nSPS) is 11.4. The van der Waals surface area contributed by atoms with Crippen LogP contribution in [0.4, 0.5) is 5.69 Å². The van der Waals surface area contributed by atoms with Gasteiger partial charge < -0.3 is 15.8 Å². The summed E-state index contributed by atoms with van der Waals surface area (Å²) >= 11 is 0. The number of hydrogen-bond acceptors (Lipinski definition) is 5. The number of carbonyl (C=O) groups excluding carboxylic acids is 1. The van der Waals surface area contributed by atoms with E-state index in [1.54, 1.807) is 30.3 Å². The fraction of sp³-hybridized carbons (Fsp3) is 0.235. The van der Waals surface area contributed by atoms with Gasteiger partial charge in [-0.3, -0.25) is 4.79 Å². The molecular weight excluding hydrogens is 292 g/mol. The lowest BCUT2D eigenvalue weighted by molar-refractivity contribution is -0.117. The molecule has 0 bridgehead atoms. The molecule has 1 heterocycles. The number of ether oxygens (including phenoxy) is 1. The van der Waals surface area contributed by atoms with Gasteiger partial charge in [0.2, 0.25) is 11.8 Å². The minimum absolute atomic E-state index is 0.245. The van der Waals surface area contributed by atoms with Crippen LogP contribution in [0.15, 0.2) is 36.5 Å². The van der Waals surface area contributed by atoms with E-state index < -0.39 is 6.04 Å². The highest BCUT2D eigenvalue weighted by atomic mass is 16.5. The number of carbonyl (C=O) groups is 1. The Morgan fingerprint density at radius 3 is 2.78 bits per heavy atom. The zero-order valence-corrected chi connectivity index (χ0v) is 13.0. The minimum atomic E-state index is -0.535. The lowest BCUT2D eigenvalue weighted by atomic mass is 10.1. The van der Waals surface area contributed by atoms with Crippen LogP contribution in [0.2, 0.25) is 0 Å². The Hall–Kier alpha value is -2.91. The van der Waals surface area contributed by atoms with Crippen LogP contribution in [-0.2, 0) is 4.79 Å². The number of nitrogens with two attached hydrogens (primary N) is 1. The van der Waals surface area contributed by atoms with Crippen molar-refractivity contribution in [1.82, 2.24) is 4.98 Å². The van der Waals surface area contributed by atoms with Gasteiger partial charge in [0.15, 0.2) is 0 Å².